The first kappa shape index (κ1) is 20.2. The van der Waals surface area contributed by atoms with Crippen LogP contribution in [0.3, 0.4) is 0 Å². The first-order chi connectivity index (χ1) is 13.5. The second-order valence-corrected chi connectivity index (χ2v) is 7.45. The van der Waals surface area contributed by atoms with Gasteiger partial charge in [0.1, 0.15) is 11.5 Å². The summed E-state index contributed by atoms with van der Waals surface area (Å²) in [6.07, 6.45) is 1.41. The van der Waals surface area contributed by atoms with Gasteiger partial charge in [-0.1, -0.05) is 18.2 Å². The van der Waals surface area contributed by atoms with E-state index in [9.17, 15) is 9.59 Å². The monoisotopic (exact) mass is 446 g/mol. The van der Waals surface area contributed by atoms with Gasteiger partial charge in [0.25, 0.3) is 11.8 Å². The summed E-state index contributed by atoms with van der Waals surface area (Å²) in [4.78, 5) is 27.1. The SMILES string of the molecule is COc1cc(Br)c(OC)c(C(=O)N2CCC(NC(=O)c3ccccc3)CC2)c1. The molecule has 2 aromatic carbocycles. The van der Waals surface area contributed by atoms with Gasteiger partial charge in [0, 0.05) is 24.7 Å². The van der Waals surface area contributed by atoms with Crippen LogP contribution in [0.15, 0.2) is 46.9 Å². The zero-order valence-electron chi connectivity index (χ0n) is 15.9. The van der Waals surface area contributed by atoms with E-state index < -0.39 is 0 Å². The molecule has 0 unspecified atom stereocenters. The van der Waals surface area contributed by atoms with Crippen LogP contribution in [0.4, 0.5) is 0 Å². The summed E-state index contributed by atoms with van der Waals surface area (Å²) in [7, 11) is 3.10. The molecule has 0 atom stereocenters. The van der Waals surface area contributed by atoms with Gasteiger partial charge in [0.05, 0.1) is 24.3 Å². The van der Waals surface area contributed by atoms with Crippen LogP contribution < -0.4 is 14.8 Å². The third-order valence-electron chi connectivity index (χ3n) is 4.84. The maximum absolute atomic E-state index is 13.0. The van der Waals surface area contributed by atoms with Gasteiger partial charge in [-0.25, -0.2) is 0 Å². The third-order valence-corrected chi connectivity index (χ3v) is 5.43. The van der Waals surface area contributed by atoms with Crippen LogP contribution in [-0.4, -0.2) is 50.1 Å². The molecule has 2 aromatic rings. The molecule has 0 saturated carbocycles. The number of nitrogens with one attached hydrogen (secondary N) is 1. The first-order valence-corrected chi connectivity index (χ1v) is 9.89. The van der Waals surface area contributed by atoms with Crippen LogP contribution in [-0.2, 0) is 0 Å². The third kappa shape index (κ3) is 4.47. The number of ether oxygens (including phenoxy) is 2. The van der Waals surface area contributed by atoms with E-state index in [-0.39, 0.29) is 17.9 Å². The summed E-state index contributed by atoms with van der Waals surface area (Å²) in [5.74, 6) is 0.888. The molecule has 1 N–H and O–H groups in total. The fourth-order valence-corrected chi connectivity index (χ4v) is 3.91. The standard InChI is InChI=1S/C21H23BrN2O4/c1-27-16-12-17(19(28-2)18(22)13-16)21(26)24-10-8-15(9-11-24)23-20(25)14-6-4-3-5-7-14/h3-7,12-13,15H,8-11H2,1-2H3,(H,23,25). The van der Waals surface area contributed by atoms with Crippen LogP contribution in [0, 0.1) is 0 Å². The topological polar surface area (TPSA) is 67.9 Å². The van der Waals surface area contributed by atoms with Crippen LogP contribution in [0.25, 0.3) is 0 Å². The summed E-state index contributed by atoms with van der Waals surface area (Å²) in [6.45, 7) is 1.13. The predicted molar refractivity (Wildman–Crippen MR) is 110 cm³/mol. The molecule has 0 aliphatic carbocycles. The highest BCUT2D eigenvalue weighted by atomic mass is 79.9. The Morgan fingerprint density at radius 1 is 1.07 bits per heavy atom. The van der Waals surface area contributed by atoms with Crippen molar-refractivity contribution in [1.29, 1.82) is 0 Å². The second kappa shape index (κ2) is 9.10. The normalized spacial score (nSPS) is 14.5. The molecule has 1 aliphatic heterocycles. The molecule has 28 heavy (non-hydrogen) atoms. The Bertz CT molecular complexity index is 849. The minimum atomic E-state index is -0.107. The summed E-state index contributed by atoms with van der Waals surface area (Å²) in [6, 6.07) is 12.7. The number of halogens is 1. The molecule has 2 amide bonds. The van der Waals surface area contributed by atoms with Crippen molar-refractivity contribution in [3.8, 4) is 11.5 Å². The van der Waals surface area contributed by atoms with Crippen molar-refractivity contribution < 1.29 is 19.1 Å². The van der Waals surface area contributed by atoms with Crippen molar-refractivity contribution >= 4 is 27.7 Å². The van der Waals surface area contributed by atoms with E-state index >= 15 is 0 Å². The Labute approximate surface area is 172 Å². The van der Waals surface area contributed by atoms with Gasteiger partial charge in [0.2, 0.25) is 0 Å². The number of likely N-dealkylation sites (tertiary alicyclic amines) is 1. The predicted octanol–water partition coefficient (Wildman–Crippen LogP) is 3.50. The lowest BCUT2D eigenvalue weighted by atomic mass is 10.0. The lowest BCUT2D eigenvalue weighted by molar-refractivity contribution is 0.0694. The molecule has 1 aliphatic rings. The Morgan fingerprint density at radius 2 is 1.75 bits per heavy atom. The van der Waals surface area contributed by atoms with Crippen molar-refractivity contribution in [3.05, 3.63) is 58.1 Å². The first-order valence-electron chi connectivity index (χ1n) is 9.10. The number of rotatable bonds is 5. The van der Waals surface area contributed by atoms with Gasteiger partial charge in [-0.15, -0.1) is 0 Å². The number of methoxy groups -OCH3 is 2. The molecule has 1 saturated heterocycles. The van der Waals surface area contributed by atoms with E-state index in [4.69, 9.17) is 9.47 Å². The van der Waals surface area contributed by atoms with E-state index in [0.717, 1.165) is 0 Å². The highest BCUT2D eigenvalue weighted by Gasteiger charge is 2.27. The van der Waals surface area contributed by atoms with Crippen LogP contribution in [0.2, 0.25) is 0 Å². The quantitative estimate of drug-likeness (QED) is 0.762. The van der Waals surface area contributed by atoms with E-state index in [1.54, 1.807) is 36.3 Å². The van der Waals surface area contributed by atoms with Crippen molar-refractivity contribution in [1.82, 2.24) is 10.2 Å². The van der Waals surface area contributed by atoms with Gasteiger partial charge in [-0.3, -0.25) is 9.59 Å². The lowest BCUT2D eigenvalue weighted by Crippen LogP contribution is -2.46. The molecule has 0 radical (unpaired) electrons. The van der Waals surface area contributed by atoms with Gasteiger partial charge in [-0.05, 0) is 53.0 Å². The van der Waals surface area contributed by atoms with Crippen LogP contribution >= 0.6 is 15.9 Å². The number of nitrogens with zero attached hydrogens (tertiary/aromatic N) is 1. The van der Waals surface area contributed by atoms with Gasteiger partial charge < -0.3 is 19.7 Å². The number of benzene rings is 2. The average molecular weight is 447 g/mol. The van der Waals surface area contributed by atoms with Crippen LogP contribution in [0.1, 0.15) is 33.6 Å². The highest BCUT2D eigenvalue weighted by molar-refractivity contribution is 9.10. The molecule has 6 nitrogen and oxygen atoms in total. The molecule has 1 fully saturated rings. The van der Waals surface area contributed by atoms with Crippen molar-refractivity contribution in [3.63, 3.8) is 0 Å². The van der Waals surface area contributed by atoms with Crippen LogP contribution in [0.5, 0.6) is 11.5 Å². The minimum absolute atomic E-state index is 0.0516. The number of carbonyl (C=O) groups is 2. The number of hydrogen-bond acceptors (Lipinski definition) is 4. The summed E-state index contributed by atoms with van der Waals surface area (Å²) < 4.78 is 11.3. The van der Waals surface area contributed by atoms with Crippen molar-refractivity contribution in [2.24, 2.45) is 0 Å². The Balaban J connectivity index is 1.64. The second-order valence-electron chi connectivity index (χ2n) is 6.60. The molecule has 148 valence electrons. The number of carbonyl (C=O) groups excluding carboxylic acids is 2. The Morgan fingerprint density at radius 3 is 2.36 bits per heavy atom. The minimum Gasteiger partial charge on any atom is -0.497 e. The fourth-order valence-electron chi connectivity index (χ4n) is 3.31. The van der Waals surface area contributed by atoms with Gasteiger partial charge >= 0.3 is 0 Å². The maximum Gasteiger partial charge on any atom is 0.257 e. The molecular weight excluding hydrogens is 424 g/mol. The van der Waals surface area contributed by atoms with E-state index in [0.29, 0.717) is 53.0 Å². The Hall–Kier alpha value is -2.54. The number of hydrogen-bond donors (Lipinski definition) is 1. The molecule has 0 spiro atoms. The molecule has 0 bridgehead atoms. The summed E-state index contributed by atoms with van der Waals surface area (Å²) in [5.41, 5.74) is 1.10. The Kier molecular flexibility index (Phi) is 6.57. The number of piperidine rings is 1. The van der Waals surface area contributed by atoms with Crippen molar-refractivity contribution in [2.75, 3.05) is 27.3 Å². The highest BCUT2D eigenvalue weighted by Crippen LogP contribution is 2.34. The van der Waals surface area contributed by atoms with Crippen molar-refractivity contribution in [2.45, 2.75) is 18.9 Å². The van der Waals surface area contributed by atoms with E-state index in [1.807, 2.05) is 18.2 Å². The van der Waals surface area contributed by atoms with E-state index in [1.165, 1.54) is 7.11 Å². The largest absolute Gasteiger partial charge is 0.497 e. The number of amides is 2. The zero-order valence-corrected chi connectivity index (χ0v) is 17.5. The molecule has 1 heterocycles. The zero-order chi connectivity index (χ0) is 20.1. The fraction of sp³-hybridized carbons (Fsp3) is 0.333. The maximum atomic E-state index is 13.0. The van der Waals surface area contributed by atoms with Gasteiger partial charge in [0.15, 0.2) is 0 Å². The summed E-state index contributed by atoms with van der Waals surface area (Å²) in [5, 5.41) is 3.06. The molecular formula is C21H23BrN2O4. The van der Waals surface area contributed by atoms with E-state index in [2.05, 4.69) is 21.2 Å². The average Bonchev–Trinajstić information content (AvgIpc) is 2.73. The molecule has 7 heteroatoms. The van der Waals surface area contributed by atoms with Gasteiger partial charge in [-0.2, -0.15) is 0 Å². The molecule has 3 rings (SSSR count). The molecule has 0 aromatic heterocycles. The summed E-state index contributed by atoms with van der Waals surface area (Å²) >= 11 is 3.43. The lowest BCUT2D eigenvalue weighted by Gasteiger charge is -2.33. The smallest absolute Gasteiger partial charge is 0.257 e.